The van der Waals surface area contributed by atoms with Crippen molar-refractivity contribution >= 4 is 52.2 Å². The predicted octanol–water partition coefficient (Wildman–Crippen LogP) is 8.19. The number of alkyl halides is 2. The molecule has 2 N–H and O–H groups in total. The van der Waals surface area contributed by atoms with Crippen molar-refractivity contribution in [3.05, 3.63) is 104 Å². The molecule has 1 aliphatic carbocycles. The standard InChI is InChI=1S/C38H37Cl2F2N3O6S/c39-29-17-43-18-30(40)28(29)16-32(24-6-7-31(51-38(41)42)33(15-24)48-20-22-4-5-22)49-36(46)25-2-1-3-27(14-25)44-35(26-10-13-52-21-26)37(47)50-34-19-45-11-8-23(34)9-12-45/h1-3,6-7,10,13-15,17-18,21-23,32,34-35,38,44H,4-5,8-9,11-12,16,19-20H2/p+1/t32-,34-,35?/m0/s1. The molecule has 2 bridgehead atoms. The van der Waals surface area contributed by atoms with Crippen molar-refractivity contribution in [3.63, 3.8) is 0 Å². The number of aromatic amines is 1. The van der Waals surface area contributed by atoms with Crippen molar-refractivity contribution < 1.29 is 42.3 Å². The van der Waals surface area contributed by atoms with E-state index < -0.39 is 24.7 Å². The Labute approximate surface area is 314 Å². The van der Waals surface area contributed by atoms with Gasteiger partial charge in [-0.3, -0.25) is 4.90 Å². The van der Waals surface area contributed by atoms with Gasteiger partial charge in [-0.15, -0.1) is 0 Å². The summed E-state index contributed by atoms with van der Waals surface area (Å²) in [5.74, 6) is -0.356. The van der Waals surface area contributed by atoms with Gasteiger partial charge in [0.25, 0.3) is 0 Å². The number of pyridine rings is 1. The number of nitrogens with one attached hydrogen (secondary N) is 2. The van der Waals surface area contributed by atoms with Crippen molar-refractivity contribution in [2.45, 2.75) is 57.0 Å². The lowest BCUT2D eigenvalue weighted by molar-refractivity contribution is -0.377. The monoisotopic (exact) mass is 772 g/mol. The third kappa shape index (κ3) is 8.97. The molecular formula is C38H38Cl2F2N3O6S+. The van der Waals surface area contributed by atoms with Crippen molar-refractivity contribution in [2.75, 3.05) is 31.6 Å². The lowest BCUT2D eigenvalue weighted by Gasteiger charge is -2.44. The van der Waals surface area contributed by atoms with Gasteiger partial charge in [0, 0.05) is 24.2 Å². The normalized spacial score (nSPS) is 20.6. The summed E-state index contributed by atoms with van der Waals surface area (Å²) in [4.78, 5) is 32.7. The molecule has 52 heavy (non-hydrogen) atoms. The summed E-state index contributed by atoms with van der Waals surface area (Å²) in [6, 6.07) is 12.2. The van der Waals surface area contributed by atoms with E-state index >= 15 is 0 Å². The molecule has 9 nitrogen and oxygen atoms in total. The van der Waals surface area contributed by atoms with Crippen LogP contribution in [0.25, 0.3) is 0 Å². The number of carbonyl (C=O) groups excluding carboxylic acids is 2. The van der Waals surface area contributed by atoms with Gasteiger partial charge < -0.3 is 24.3 Å². The number of benzene rings is 2. The maximum absolute atomic E-state index is 13.9. The van der Waals surface area contributed by atoms with Gasteiger partial charge in [-0.05, 0) is 109 Å². The summed E-state index contributed by atoms with van der Waals surface area (Å²) < 4.78 is 49.4. The van der Waals surface area contributed by atoms with E-state index in [1.165, 1.54) is 17.4 Å². The number of nitrogens with zero attached hydrogens (tertiary/aromatic N) is 1. The van der Waals surface area contributed by atoms with Crippen LogP contribution in [-0.2, 0) is 20.7 Å². The number of hydrogen-bond donors (Lipinski definition) is 1. The van der Waals surface area contributed by atoms with Crippen LogP contribution in [0.3, 0.4) is 0 Å². The molecule has 1 unspecified atom stereocenters. The summed E-state index contributed by atoms with van der Waals surface area (Å²) in [7, 11) is 0. The molecule has 2 aromatic heterocycles. The second-order valence-electron chi connectivity index (χ2n) is 13.4. The third-order valence-electron chi connectivity index (χ3n) is 9.75. The van der Waals surface area contributed by atoms with Crippen molar-refractivity contribution in [1.29, 1.82) is 0 Å². The molecule has 4 aliphatic rings. The Morgan fingerprint density at radius 1 is 0.981 bits per heavy atom. The van der Waals surface area contributed by atoms with E-state index in [9.17, 15) is 18.4 Å². The first-order valence-electron chi connectivity index (χ1n) is 17.3. The Balaban J connectivity index is 1.13. The summed E-state index contributed by atoms with van der Waals surface area (Å²) >= 11 is 14.5. The molecule has 14 heteroatoms. The zero-order valence-corrected chi connectivity index (χ0v) is 30.4. The minimum atomic E-state index is -3.05. The van der Waals surface area contributed by atoms with Gasteiger partial charge in [0.05, 0.1) is 12.2 Å². The summed E-state index contributed by atoms with van der Waals surface area (Å²) in [5, 5.41) is 7.74. The van der Waals surface area contributed by atoms with Crippen LogP contribution in [0.1, 0.15) is 64.9 Å². The third-order valence-corrected chi connectivity index (χ3v) is 11.1. The molecule has 0 spiro atoms. The van der Waals surface area contributed by atoms with E-state index in [1.54, 1.807) is 48.8 Å². The first-order valence-corrected chi connectivity index (χ1v) is 19.0. The fourth-order valence-corrected chi connectivity index (χ4v) is 7.90. The molecule has 3 atom stereocenters. The number of anilines is 1. The number of hydrogen-bond acceptors (Lipinski definition) is 9. The SMILES string of the molecule is O=C(O[C@@H](Cc1c(Cl)c[nH+]cc1Cl)c1ccc(OC(F)F)c(OCC2CC2)c1)c1cccc(NC(C(=O)O[C@H]2CN3CCC2CC3)c2ccsc2)c1. The van der Waals surface area contributed by atoms with Crippen molar-refractivity contribution in [3.8, 4) is 11.5 Å². The summed E-state index contributed by atoms with van der Waals surface area (Å²) in [6.07, 6.45) is 6.10. The Kier molecular flexibility index (Phi) is 11.5. The van der Waals surface area contributed by atoms with E-state index in [-0.39, 0.29) is 35.6 Å². The Bertz CT molecular complexity index is 1850. The van der Waals surface area contributed by atoms with E-state index in [2.05, 4.69) is 15.2 Å². The number of halogens is 4. The molecule has 0 amide bonds. The first-order chi connectivity index (χ1) is 25.2. The largest absolute Gasteiger partial charge is 0.489 e. The molecule has 8 rings (SSSR count). The number of thiophene rings is 1. The average molecular weight is 774 g/mol. The minimum Gasteiger partial charge on any atom is -0.489 e. The van der Waals surface area contributed by atoms with Gasteiger partial charge in [-0.1, -0.05) is 35.3 Å². The Morgan fingerprint density at radius 2 is 1.77 bits per heavy atom. The zero-order valence-electron chi connectivity index (χ0n) is 28.1. The first kappa shape index (κ1) is 36.4. The molecule has 5 heterocycles. The number of fused-ring (bicyclic) bond motifs is 3. The molecule has 2 aromatic carbocycles. The van der Waals surface area contributed by atoms with Gasteiger partial charge in [-0.2, -0.15) is 20.1 Å². The predicted molar refractivity (Wildman–Crippen MR) is 192 cm³/mol. The number of rotatable bonds is 15. The van der Waals surface area contributed by atoms with E-state index in [0.717, 1.165) is 50.9 Å². The fourth-order valence-electron chi connectivity index (χ4n) is 6.69. The van der Waals surface area contributed by atoms with E-state index in [0.29, 0.717) is 45.3 Å². The van der Waals surface area contributed by atoms with Crippen LogP contribution in [0, 0.1) is 11.8 Å². The molecule has 3 aliphatic heterocycles. The van der Waals surface area contributed by atoms with Crippen LogP contribution in [0.15, 0.2) is 71.7 Å². The highest BCUT2D eigenvalue weighted by molar-refractivity contribution is 7.08. The Morgan fingerprint density at radius 3 is 2.44 bits per heavy atom. The fraction of sp³-hybridized carbons (Fsp3) is 0.395. The smallest absolute Gasteiger partial charge is 0.387 e. The zero-order chi connectivity index (χ0) is 36.2. The van der Waals surface area contributed by atoms with Crippen LogP contribution in [0.2, 0.25) is 10.0 Å². The summed E-state index contributed by atoms with van der Waals surface area (Å²) in [5.41, 5.74) is 2.47. The lowest BCUT2D eigenvalue weighted by Crippen LogP contribution is -2.52. The maximum Gasteiger partial charge on any atom is 0.387 e. The number of aromatic nitrogens is 1. The average Bonchev–Trinajstić information content (AvgIpc) is 3.82. The molecule has 4 fully saturated rings. The second-order valence-corrected chi connectivity index (χ2v) is 15.0. The number of piperidine rings is 3. The minimum absolute atomic E-state index is 0.0683. The molecule has 4 aromatic rings. The number of ether oxygens (including phenoxy) is 4. The molecule has 1 saturated carbocycles. The highest BCUT2D eigenvalue weighted by atomic mass is 35.5. The second kappa shape index (κ2) is 16.4. The highest BCUT2D eigenvalue weighted by Crippen LogP contribution is 2.38. The number of H-pyrrole nitrogens is 1. The molecular weight excluding hydrogens is 735 g/mol. The number of carbonyl (C=O) groups is 2. The van der Waals surface area contributed by atoms with Gasteiger partial charge >= 0.3 is 18.6 Å². The molecule has 3 saturated heterocycles. The molecule has 274 valence electrons. The maximum atomic E-state index is 13.9. The van der Waals surface area contributed by atoms with Crippen LogP contribution in [0.4, 0.5) is 14.5 Å². The van der Waals surface area contributed by atoms with Gasteiger partial charge in [0.1, 0.15) is 22.3 Å². The van der Waals surface area contributed by atoms with Crippen LogP contribution >= 0.6 is 34.5 Å². The topological polar surface area (TPSA) is 100 Å². The number of esters is 2. The molecule has 0 radical (unpaired) electrons. The van der Waals surface area contributed by atoms with Gasteiger partial charge in [0.15, 0.2) is 29.9 Å². The van der Waals surface area contributed by atoms with Crippen LogP contribution in [0.5, 0.6) is 11.5 Å². The van der Waals surface area contributed by atoms with E-state index in [4.69, 9.17) is 42.1 Å². The van der Waals surface area contributed by atoms with Gasteiger partial charge in [-0.25, -0.2) is 14.6 Å². The highest BCUT2D eigenvalue weighted by Gasteiger charge is 2.38. The van der Waals surface area contributed by atoms with E-state index in [1.807, 2.05) is 16.8 Å². The lowest BCUT2D eigenvalue weighted by atomic mass is 9.86. The summed E-state index contributed by atoms with van der Waals surface area (Å²) in [6.45, 7) is 0.101. The van der Waals surface area contributed by atoms with Crippen LogP contribution in [-0.4, -0.2) is 55.8 Å². The van der Waals surface area contributed by atoms with Crippen LogP contribution < -0.4 is 19.8 Å². The van der Waals surface area contributed by atoms with Crippen molar-refractivity contribution in [1.82, 2.24) is 4.90 Å². The quantitative estimate of drug-likeness (QED) is 0.121. The Hall–Kier alpha value is -3.97. The van der Waals surface area contributed by atoms with Crippen molar-refractivity contribution in [2.24, 2.45) is 11.8 Å². The van der Waals surface area contributed by atoms with Gasteiger partial charge in [0.2, 0.25) is 0 Å².